The van der Waals surface area contributed by atoms with Crippen molar-refractivity contribution in [3.8, 4) is 0 Å². The molecule has 32 heavy (non-hydrogen) atoms. The SMILES string of the molecule is CC(=O)OC1C(=O)N(C2CCN(C3Cc4cccc5cccc3c45)CC2)c2ccccc21. The number of nitrogens with zero attached hydrogens (tertiary/aromatic N) is 2. The number of ether oxygens (including phenoxy) is 1. The van der Waals surface area contributed by atoms with Crippen LogP contribution in [0.25, 0.3) is 10.8 Å². The van der Waals surface area contributed by atoms with E-state index in [4.69, 9.17) is 4.74 Å². The lowest BCUT2D eigenvalue weighted by Crippen LogP contribution is -2.47. The highest BCUT2D eigenvalue weighted by Crippen LogP contribution is 2.44. The third kappa shape index (κ3) is 2.95. The van der Waals surface area contributed by atoms with Gasteiger partial charge in [-0.2, -0.15) is 0 Å². The van der Waals surface area contributed by atoms with Crippen molar-refractivity contribution in [3.05, 3.63) is 77.4 Å². The monoisotopic (exact) mass is 426 g/mol. The molecule has 3 aliphatic rings. The molecule has 5 nitrogen and oxygen atoms in total. The van der Waals surface area contributed by atoms with E-state index in [1.807, 2.05) is 29.2 Å². The molecular weight excluding hydrogens is 400 g/mol. The zero-order valence-electron chi connectivity index (χ0n) is 18.2. The second-order valence-corrected chi connectivity index (χ2v) is 9.11. The molecule has 0 saturated carbocycles. The van der Waals surface area contributed by atoms with Crippen LogP contribution in [0.3, 0.4) is 0 Å². The number of carbonyl (C=O) groups excluding carboxylic acids is 2. The Morgan fingerprint density at radius 2 is 1.66 bits per heavy atom. The van der Waals surface area contributed by atoms with E-state index in [-0.39, 0.29) is 11.9 Å². The number of para-hydroxylation sites is 1. The van der Waals surface area contributed by atoms with E-state index in [1.54, 1.807) is 0 Å². The predicted molar refractivity (Wildman–Crippen MR) is 123 cm³/mol. The van der Waals surface area contributed by atoms with Crippen molar-refractivity contribution in [1.29, 1.82) is 0 Å². The summed E-state index contributed by atoms with van der Waals surface area (Å²) in [6, 6.07) is 21.5. The third-order valence-corrected chi connectivity index (χ3v) is 7.32. The zero-order chi connectivity index (χ0) is 21.8. The summed E-state index contributed by atoms with van der Waals surface area (Å²) in [5.74, 6) is -0.539. The van der Waals surface area contributed by atoms with Crippen molar-refractivity contribution in [3.63, 3.8) is 0 Å². The first-order valence-electron chi connectivity index (χ1n) is 11.5. The van der Waals surface area contributed by atoms with Crippen LogP contribution in [-0.4, -0.2) is 35.9 Å². The molecule has 1 amide bonds. The van der Waals surface area contributed by atoms with E-state index in [1.165, 1.54) is 28.8 Å². The van der Waals surface area contributed by atoms with Crippen LogP contribution in [0.1, 0.15) is 48.6 Å². The van der Waals surface area contributed by atoms with Crippen molar-refractivity contribution in [2.24, 2.45) is 0 Å². The fraction of sp³-hybridized carbons (Fsp3) is 0.333. The van der Waals surface area contributed by atoms with E-state index < -0.39 is 12.1 Å². The molecule has 2 aliphatic heterocycles. The Hall–Kier alpha value is -3.18. The average Bonchev–Trinajstić information content (AvgIpc) is 3.31. The van der Waals surface area contributed by atoms with Gasteiger partial charge in [-0.1, -0.05) is 54.6 Å². The van der Waals surface area contributed by atoms with Gasteiger partial charge in [0.25, 0.3) is 5.91 Å². The number of piperidine rings is 1. The first kappa shape index (κ1) is 19.5. The number of hydrogen-bond donors (Lipinski definition) is 0. The lowest BCUT2D eigenvalue weighted by Gasteiger charge is -2.40. The van der Waals surface area contributed by atoms with Crippen LogP contribution in [-0.2, 0) is 20.7 Å². The maximum atomic E-state index is 13.2. The number of carbonyl (C=O) groups is 2. The smallest absolute Gasteiger partial charge is 0.303 e. The molecule has 3 aromatic rings. The van der Waals surface area contributed by atoms with Crippen LogP contribution < -0.4 is 4.90 Å². The van der Waals surface area contributed by atoms with Crippen LogP contribution in [0.5, 0.6) is 0 Å². The first-order valence-corrected chi connectivity index (χ1v) is 11.5. The molecule has 2 unspecified atom stereocenters. The minimum atomic E-state index is -0.816. The number of esters is 1. The van der Waals surface area contributed by atoms with Crippen LogP contribution >= 0.6 is 0 Å². The summed E-state index contributed by atoms with van der Waals surface area (Å²) in [5, 5.41) is 2.75. The Bertz CT molecular complexity index is 1220. The molecule has 0 spiro atoms. The Labute approximate surface area is 187 Å². The van der Waals surface area contributed by atoms with Gasteiger partial charge in [0, 0.05) is 37.7 Å². The standard InChI is InChI=1S/C27H26N2O3/c1-17(30)32-26-22-9-2-3-11-23(22)29(27(26)31)20-12-14-28(15-13-20)24-16-19-8-4-6-18-7-5-10-21(24)25(18)19/h2-11,20,24,26H,12-16H2,1H3. The van der Waals surface area contributed by atoms with E-state index in [2.05, 4.69) is 41.3 Å². The normalized spacial score (nSPS) is 23.0. The number of benzene rings is 3. The second kappa shape index (κ2) is 7.45. The van der Waals surface area contributed by atoms with Crippen molar-refractivity contribution < 1.29 is 14.3 Å². The summed E-state index contributed by atoms with van der Waals surface area (Å²) in [7, 11) is 0. The Morgan fingerprint density at radius 1 is 0.938 bits per heavy atom. The van der Waals surface area contributed by atoms with Crippen LogP contribution in [0.4, 0.5) is 5.69 Å². The predicted octanol–water partition coefficient (Wildman–Crippen LogP) is 4.55. The number of likely N-dealkylation sites (tertiary alicyclic amines) is 1. The van der Waals surface area contributed by atoms with Gasteiger partial charge >= 0.3 is 5.97 Å². The van der Waals surface area contributed by atoms with Gasteiger partial charge in [-0.15, -0.1) is 0 Å². The average molecular weight is 427 g/mol. The number of amides is 1. The fourth-order valence-corrected chi connectivity index (χ4v) is 5.96. The molecule has 2 atom stereocenters. The number of rotatable bonds is 3. The van der Waals surface area contributed by atoms with Crippen LogP contribution in [0.2, 0.25) is 0 Å². The zero-order valence-corrected chi connectivity index (χ0v) is 18.2. The minimum absolute atomic E-state index is 0.113. The van der Waals surface area contributed by atoms with Crippen LogP contribution in [0.15, 0.2) is 60.7 Å². The van der Waals surface area contributed by atoms with Gasteiger partial charge in [0.05, 0.1) is 5.69 Å². The van der Waals surface area contributed by atoms with Crippen LogP contribution in [0, 0.1) is 0 Å². The highest BCUT2D eigenvalue weighted by molar-refractivity contribution is 6.05. The molecule has 0 bridgehead atoms. The summed E-state index contributed by atoms with van der Waals surface area (Å²) >= 11 is 0. The molecule has 3 aromatic carbocycles. The summed E-state index contributed by atoms with van der Waals surface area (Å²) in [4.78, 5) is 29.3. The summed E-state index contributed by atoms with van der Waals surface area (Å²) in [6.07, 6.45) is 2.07. The Kier molecular flexibility index (Phi) is 4.54. The van der Waals surface area contributed by atoms with E-state index in [9.17, 15) is 9.59 Å². The van der Waals surface area contributed by atoms with Gasteiger partial charge in [-0.25, -0.2) is 0 Å². The molecule has 1 saturated heterocycles. The van der Waals surface area contributed by atoms with Gasteiger partial charge in [0.1, 0.15) is 0 Å². The second-order valence-electron chi connectivity index (χ2n) is 9.11. The van der Waals surface area contributed by atoms with E-state index in [0.717, 1.165) is 43.6 Å². The summed E-state index contributed by atoms with van der Waals surface area (Å²) in [5.41, 5.74) is 4.57. The summed E-state index contributed by atoms with van der Waals surface area (Å²) < 4.78 is 5.40. The highest BCUT2D eigenvalue weighted by Gasteiger charge is 2.44. The summed E-state index contributed by atoms with van der Waals surface area (Å²) in [6.45, 7) is 3.25. The van der Waals surface area contributed by atoms with Gasteiger partial charge < -0.3 is 9.64 Å². The lowest BCUT2D eigenvalue weighted by atomic mass is 9.98. The number of anilines is 1. The highest BCUT2D eigenvalue weighted by atomic mass is 16.5. The third-order valence-electron chi connectivity index (χ3n) is 7.32. The molecule has 0 N–H and O–H groups in total. The molecular formula is C27H26N2O3. The minimum Gasteiger partial charge on any atom is -0.447 e. The van der Waals surface area contributed by atoms with Crippen molar-refractivity contribution in [1.82, 2.24) is 4.90 Å². The molecule has 1 aliphatic carbocycles. The molecule has 6 rings (SSSR count). The van der Waals surface area contributed by atoms with Crippen molar-refractivity contribution >= 4 is 28.3 Å². The van der Waals surface area contributed by atoms with Crippen molar-refractivity contribution in [2.45, 2.75) is 44.4 Å². The first-order chi connectivity index (χ1) is 15.6. The molecule has 5 heteroatoms. The molecule has 162 valence electrons. The van der Waals surface area contributed by atoms with Gasteiger partial charge in [0.15, 0.2) is 0 Å². The number of fused-ring (bicyclic) bond motifs is 1. The van der Waals surface area contributed by atoms with Crippen molar-refractivity contribution in [2.75, 3.05) is 18.0 Å². The molecule has 2 heterocycles. The molecule has 0 radical (unpaired) electrons. The Balaban J connectivity index is 1.22. The number of hydrogen-bond acceptors (Lipinski definition) is 4. The lowest BCUT2D eigenvalue weighted by molar-refractivity contribution is -0.152. The van der Waals surface area contributed by atoms with Gasteiger partial charge in [0.2, 0.25) is 6.10 Å². The Morgan fingerprint density at radius 3 is 2.44 bits per heavy atom. The molecule has 0 aromatic heterocycles. The maximum Gasteiger partial charge on any atom is 0.303 e. The van der Waals surface area contributed by atoms with Gasteiger partial charge in [-0.05, 0) is 47.2 Å². The largest absolute Gasteiger partial charge is 0.447 e. The fourth-order valence-electron chi connectivity index (χ4n) is 5.96. The maximum absolute atomic E-state index is 13.2. The van der Waals surface area contributed by atoms with Gasteiger partial charge in [-0.3, -0.25) is 14.5 Å². The molecule has 1 fully saturated rings. The van der Waals surface area contributed by atoms with E-state index >= 15 is 0 Å². The topological polar surface area (TPSA) is 49.9 Å². The van der Waals surface area contributed by atoms with E-state index in [0.29, 0.717) is 6.04 Å². The quantitative estimate of drug-likeness (QED) is 0.577.